The number of rotatable bonds is 4. The minimum atomic E-state index is -0.817. The molecule has 2 aromatic heterocycles. The largest absolute Gasteiger partial charge is 0.481 e. The van der Waals surface area contributed by atoms with Crippen LogP contribution >= 0.6 is 11.8 Å². The molecule has 0 saturated carbocycles. The second kappa shape index (κ2) is 4.89. The lowest BCUT2D eigenvalue weighted by Crippen LogP contribution is -1.96. The molecular formula is C13H10N2O3S. The lowest BCUT2D eigenvalue weighted by Gasteiger charge is -1.98. The monoisotopic (exact) mass is 274 g/mol. The van der Waals surface area contributed by atoms with Crippen LogP contribution in [0.4, 0.5) is 0 Å². The third-order valence-electron chi connectivity index (χ3n) is 2.68. The van der Waals surface area contributed by atoms with E-state index in [0.717, 1.165) is 16.5 Å². The SMILES string of the molecule is O=C(O)CCSc1ncnc2c1oc1ccccc12. The number of aromatic nitrogens is 2. The summed E-state index contributed by atoms with van der Waals surface area (Å²) in [4.78, 5) is 18.9. The lowest BCUT2D eigenvalue weighted by molar-refractivity contribution is -0.136. The molecule has 0 aliphatic rings. The van der Waals surface area contributed by atoms with Gasteiger partial charge in [0.15, 0.2) is 5.58 Å². The Labute approximate surface area is 112 Å². The Morgan fingerprint density at radius 2 is 2.16 bits per heavy atom. The molecule has 3 aromatic rings. The molecule has 19 heavy (non-hydrogen) atoms. The number of fused-ring (bicyclic) bond motifs is 3. The molecule has 0 aliphatic carbocycles. The van der Waals surface area contributed by atoms with Crippen molar-refractivity contribution in [2.75, 3.05) is 5.75 Å². The molecule has 1 N–H and O–H groups in total. The standard InChI is InChI=1S/C13H10N2O3S/c16-10(17)5-6-19-13-12-11(14-7-15-13)8-3-1-2-4-9(8)18-12/h1-4,7H,5-6H2,(H,16,17). The van der Waals surface area contributed by atoms with E-state index in [0.29, 0.717) is 16.4 Å². The summed E-state index contributed by atoms with van der Waals surface area (Å²) in [6, 6.07) is 7.65. The molecule has 1 aromatic carbocycles. The third-order valence-corrected chi connectivity index (χ3v) is 3.65. The van der Waals surface area contributed by atoms with E-state index in [-0.39, 0.29) is 6.42 Å². The van der Waals surface area contributed by atoms with Gasteiger partial charge in [0, 0.05) is 11.1 Å². The molecule has 0 saturated heterocycles. The summed E-state index contributed by atoms with van der Waals surface area (Å²) >= 11 is 1.37. The maximum absolute atomic E-state index is 10.5. The van der Waals surface area contributed by atoms with Gasteiger partial charge in [-0.3, -0.25) is 4.79 Å². The van der Waals surface area contributed by atoms with Crippen LogP contribution in [0.1, 0.15) is 6.42 Å². The molecule has 0 fully saturated rings. The third kappa shape index (κ3) is 2.26. The predicted molar refractivity (Wildman–Crippen MR) is 72.3 cm³/mol. The number of carboxylic acid groups (broad SMARTS) is 1. The number of benzene rings is 1. The summed E-state index contributed by atoms with van der Waals surface area (Å²) in [5, 5.41) is 10.3. The van der Waals surface area contributed by atoms with E-state index >= 15 is 0 Å². The Kier molecular flexibility index (Phi) is 3.08. The molecule has 6 heteroatoms. The average Bonchev–Trinajstić information content (AvgIpc) is 2.78. The zero-order valence-corrected chi connectivity index (χ0v) is 10.7. The summed E-state index contributed by atoms with van der Waals surface area (Å²) < 4.78 is 5.75. The highest BCUT2D eigenvalue weighted by atomic mass is 32.2. The number of aliphatic carboxylic acids is 1. The fourth-order valence-corrected chi connectivity index (χ4v) is 2.70. The van der Waals surface area contributed by atoms with E-state index in [1.807, 2.05) is 24.3 Å². The Morgan fingerprint density at radius 1 is 1.32 bits per heavy atom. The first-order valence-electron chi connectivity index (χ1n) is 5.72. The maximum Gasteiger partial charge on any atom is 0.304 e. The van der Waals surface area contributed by atoms with Crippen molar-refractivity contribution in [2.45, 2.75) is 11.4 Å². The van der Waals surface area contributed by atoms with Crippen molar-refractivity contribution in [3.05, 3.63) is 30.6 Å². The minimum Gasteiger partial charge on any atom is -0.481 e. The second-order valence-electron chi connectivity index (χ2n) is 3.95. The minimum absolute atomic E-state index is 0.0936. The van der Waals surface area contributed by atoms with E-state index in [1.54, 1.807) is 0 Å². The fraction of sp³-hybridized carbons (Fsp3) is 0.154. The van der Waals surface area contributed by atoms with Gasteiger partial charge in [-0.2, -0.15) is 0 Å². The zero-order chi connectivity index (χ0) is 13.2. The number of nitrogens with zero attached hydrogens (tertiary/aromatic N) is 2. The van der Waals surface area contributed by atoms with Crippen LogP contribution in [0.2, 0.25) is 0 Å². The summed E-state index contributed by atoms with van der Waals surface area (Å²) in [5.74, 6) is -0.360. The second-order valence-corrected chi connectivity index (χ2v) is 5.03. The van der Waals surface area contributed by atoms with Gasteiger partial charge in [0.2, 0.25) is 0 Å². The van der Waals surface area contributed by atoms with E-state index in [1.165, 1.54) is 18.1 Å². The van der Waals surface area contributed by atoms with Crippen LogP contribution in [0, 0.1) is 0 Å². The molecule has 3 rings (SSSR count). The summed E-state index contributed by atoms with van der Waals surface area (Å²) in [6.45, 7) is 0. The topological polar surface area (TPSA) is 76.2 Å². The van der Waals surface area contributed by atoms with Crippen LogP contribution in [0.15, 0.2) is 40.0 Å². The molecule has 2 heterocycles. The van der Waals surface area contributed by atoms with Gasteiger partial charge < -0.3 is 9.52 Å². The molecule has 5 nitrogen and oxygen atoms in total. The van der Waals surface area contributed by atoms with Crippen LogP contribution in [0.3, 0.4) is 0 Å². The Morgan fingerprint density at radius 3 is 3.00 bits per heavy atom. The van der Waals surface area contributed by atoms with E-state index in [2.05, 4.69) is 9.97 Å². The first-order chi connectivity index (χ1) is 9.25. The molecule has 0 radical (unpaired) electrons. The summed E-state index contributed by atoms with van der Waals surface area (Å²) in [6.07, 6.45) is 1.57. The zero-order valence-electron chi connectivity index (χ0n) is 9.87. The molecule has 0 amide bonds. The van der Waals surface area contributed by atoms with Gasteiger partial charge in [-0.15, -0.1) is 11.8 Å². The smallest absolute Gasteiger partial charge is 0.304 e. The van der Waals surface area contributed by atoms with Gasteiger partial charge in [-0.25, -0.2) is 9.97 Å². The number of thioether (sulfide) groups is 1. The molecular weight excluding hydrogens is 264 g/mol. The number of hydrogen-bond donors (Lipinski definition) is 1. The molecule has 0 atom stereocenters. The van der Waals surface area contributed by atoms with Crippen molar-refractivity contribution in [2.24, 2.45) is 0 Å². The van der Waals surface area contributed by atoms with E-state index in [9.17, 15) is 4.79 Å². The molecule has 0 unspecified atom stereocenters. The number of hydrogen-bond acceptors (Lipinski definition) is 5. The van der Waals surface area contributed by atoms with Crippen molar-refractivity contribution >= 4 is 39.8 Å². The molecule has 0 bridgehead atoms. The van der Waals surface area contributed by atoms with Crippen LogP contribution in [-0.4, -0.2) is 26.8 Å². The highest BCUT2D eigenvalue weighted by molar-refractivity contribution is 7.99. The van der Waals surface area contributed by atoms with Gasteiger partial charge >= 0.3 is 5.97 Å². The van der Waals surface area contributed by atoms with Crippen molar-refractivity contribution in [1.29, 1.82) is 0 Å². The van der Waals surface area contributed by atoms with Crippen LogP contribution in [-0.2, 0) is 4.79 Å². The van der Waals surface area contributed by atoms with Gasteiger partial charge in [-0.05, 0) is 12.1 Å². The highest BCUT2D eigenvalue weighted by Gasteiger charge is 2.13. The lowest BCUT2D eigenvalue weighted by atomic mass is 10.2. The van der Waals surface area contributed by atoms with Crippen LogP contribution < -0.4 is 0 Å². The fourth-order valence-electron chi connectivity index (χ4n) is 1.84. The van der Waals surface area contributed by atoms with Gasteiger partial charge in [-0.1, -0.05) is 12.1 Å². The first kappa shape index (κ1) is 12.0. The average molecular weight is 274 g/mol. The number of furan rings is 1. The summed E-state index contributed by atoms with van der Waals surface area (Å²) in [5.41, 5.74) is 2.15. The van der Waals surface area contributed by atoms with E-state index in [4.69, 9.17) is 9.52 Å². The Bertz CT molecular complexity index is 754. The van der Waals surface area contributed by atoms with Crippen molar-refractivity contribution in [3.63, 3.8) is 0 Å². The Balaban J connectivity index is 2.03. The normalized spacial score (nSPS) is 11.2. The molecule has 0 spiro atoms. The van der Waals surface area contributed by atoms with Gasteiger partial charge in [0.25, 0.3) is 0 Å². The van der Waals surface area contributed by atoms with Crippen molar-refractivity contribution in [1.82, 2.24) is 9.97 Å². The van der Waals surface area contributed by atoms with Crippen LogP contribution in [0.25, 0.3) is 22.1 Å². The van der Waals surface area contributed by atoms with Crippen molar-refractivity contribution < 1.29 is 14.3 Å². The molecule has 96 valence electrons. The number of para-hydroxylation sites is 1. The highest BCUT2D eigenvalue weighted by Crippen LogP contribution is 2.32. The number of carbonyl (C=O) groups is 1. The van der Waals surface area contributed by atoms with Crippen molar-refractivity contribution in [3.8, 4) is 0 Å². The predicted octanol–water partition coefficient (Wildman–Crippen LogP) is 2.94. The quantitative estimate of drug-likeness (QED) is 0.582. The Hall–Kier alpha value is -2.08. The summed E-state index contributed by atoms with van der Waals surface area (Å²) in [7, 11) is 0. The first-order valence-corrected chi connectivity index (χ1v) is 6.71. The van der Waals surface area contributed by atoms with Gasteiger partial charge in [0.05, 0.1) is 6.42 Å². The number of carboxylic acids is 1. The van der Waals surface area contributed by atoms with Gasteiger partial charge in [0.1, 0.15) is 22.5 Å². The van der Waals surface area contributed by atoms with E-state index < -0.39 is 5.97 Å². The molecule has 0 aliphatic heterocycles. The maximum atomic E-state index is 10.5. The van der Waals surface area contributed by atoms with Crippen LogP contribution in [0.5, 0.6) is 0 Å².